The van der Waals surface area contributed by atoms with E-state index in [1.165, 1.54) is 0 Å². The van der Waals surface area contributed by atoms with E-state index in [1.807, 2.05) is 26.0 Å². The van der Waals surface area contributed by atoms with Gasteiger partial charge in [-0.2, -0.15) is 0 Å². The van der Waals surface area contributed by atoms with E-state index < -0.39 is 0 Å². The number of amides is 3. The summed E-state index contributed by atoms with van der Waals surface area (Å²) < 4.78 is 11.1. The summed E-state index contributed by atoms with van der Waals surface area (Å²) in [6, 6.07) is 8.94. The van der Waals surface area contributed by atoms with Gasteiger partial charge in [0.2, 0.25) is 5.89 Å². The first-order valence-electron chi connectivity index (χ1n) is 11.0. The molecule has 32 heavy (non-hydrogen) atoms. The Balaban J connectivity index is 1.31. The fourth-order valence-corrected chi connectivity index (χ4v) is 3.86. The van der Waals surface area contributed by atoms with Crippen LogP contribution >= 0.6 is 0 Å². The van der Waals surface area contributed by atoms with Crippen molar-refractivity contribution in [2.75, 3.05) is 39.3 Å². The molecule has 1 N–H and O–H groups in total. The Morgan fingerprint density at radius 1 is 1.12 bits per heavy atom. The van der Waals surface area contributed by atoms with Crippen LogP contribution in [0.5, 0.6) is 0 Å². The SMILES string of the molecule is CCN(CC)C(=O)c1ccc2oc(CN3CCN(C(=O)NCc4ccco4)CC3)nc2c1. The van der Waals surface area contributed by atoms with Crippen molar-refractivity contribution in [3.8, 4) is 0 Å². The molecule has 1 fully saturated rings. The largest absolute Gasteiger partial charge is 0.467 e. The zero-order valence-corrected chi connectivity index (χ0v) is 18.5. The molecule has 9 heteroatoms. The number of fused-ring (bicyclic) bond motifs is 1. The van der Waals surface area contributed by atoms with Gasteiger partial charge in [-0.25, -0.2) is 9.78 Å². The lowest BCUT2D eigenvalue weighted by atomic mass is 10.2. The van der Waals surface area contributed by atoms with E-state index in [-0.39, 0.29) is 11.9 Å². The molecule has 1 aromatic carbocycles. The first kappa shape index (κ1) is 21.9. The van der Waals surface area contributed by atoms with Crippen LogP contribution in [-0.2, 0) is 13.1 Å². The van der Waals surface area contributed by atoms with Crippen molar-refractivity contribution in [3.05, 3.63) is 53.8 Å². The van der Waals surface area contributed by atoms with E-state index in [0.29, 0.717) is 61.8 Å². The average Bonchev–Trinajstić information content (AvgIpc) is 3.47. The number of carbonyl (C=O) groups excluding carboxylic acids is 2. The summed E-state index contributed by atoms with van der Waals surface area (Å²) in [6.45, 7) is 8.96. The second-order valence-electron chi connectivity index (χ2n) is 7.77. The Morgan fingerprint density at radius 2 is 1.91 bits per heavy atom. The molecule has 0 unspecified atom stereocenters. The van der Waals surface area contributed by atoms with Crippen molar-refractivity contribution in [1.29, 1.82) is 0 Å². The van der Waals surface area contributed by atoms with Gasteiger partial charge in [-0.3, -0.25) is 9.69 Å². The van der Waals surface area contributed by atoms with Gasteiger partial charge in [0.1, 0.15) is 11.3 Å². The second kappa shape index (κ2) is 9.86. The topological polar surface area (TPSA) is 95.1 Å². The quantitative estimate of drug-likeness (QED) is 0.608. The Labute approximate surface area is 187 Å². The van der Waals surface area contributed by atoms with E-state index in [9.17, 15) is 9.59 Å². The van der Waals surface area contributed by atoms with Gasteiger partial charge in [0.15, 0.2) is 5.58 Å². The molecule has 0 spiro atoms. The predicted molar refractivity (Wildman–Crippen MR) is 119 cm³/mol. The summed E-state index contributed by atoms with van der Waals surface area (Å²) in [5.41, 5.74) is 1.98. The second-order valence-corrected chi connectivity index (χ2v) is 7.77. The average molecular weight is 440 g/mol. The van der Waals surface area contributed by atoms with Gasteiger partial charge in [-0.05, 0) is 44.2 Å². The van der Waals surface area contributed by atoms with Crippen LogP contribution in [0.25, 0.3) is 11.1 Å². The number of nitrogens with one attached hydrogen (secondary N) is 1. The molecule has 1 aliphatic rings. The predicted octanol–water partition coefficient (Wildman–Crippen LogP) is 2.93. The number of nitrogens with zero attached hydrogens (tertiary/aromatic N) is 4. The standard InChI is InChI=1S/C23H29N5O4/c1-3-27(4-2)22(29)17-7-8-20-19(14-17)25-21(32-20)16-26-9-11-28(12-10-26)23(30)24-15-18-6-5-13-31-18/h5-8,13-14H,3-4,9-12,15-16H2,1-2H3,(H,24,30). The van der Waals surface area contributed by atoms with Gasteiger partial charge < -0.3 is 24.0 Å². The molecule has 0 aliphatic carbocycles. The molecular formula is C23H29N5O4. The molecule has 0 atom stereocenters. The van der Waals surface area contributed by atoms with Crippen LogP contribution in [0.4, 0.5) is 4.79 Å². The van der Waals surface area contributed by atoms with Crippen LogP contribution in [0.1, 0.15) is 35.9 Å². The Hall–Kier alpha value is -3.33. The van der Waals surface area contributed by atoms with Crippen molar-refractivity contribution < 1.29 is 18.4 Å². The van der Waals surface area contributed by atoms with Crippen LogP contribution in [0, 0.1) is 0 Å². The number of piperazine rings is 1. The van der Waals surface area contributed by atoms with Gasteiger partial charge >= 0.3 is 6.03 Å². The molecule has 9 nitrogen and oxygen atoms in total. The first-order chi connectivity index (χ1) is 15.6. The number of rotatable bonds is 7. The van der Waals surface area contributed by atoms with E-state index >= 15 is 0 Å². The number of carbonyl (C=O) groups is 2. The van der Waals surface area contributed by atoms with Gasteiger partial charge in [0.05, 0.1) is 19.4 Å². The lowest BCUT2D eigenvalue weighted by Gasteiger charge is -2.33. The number of urea groups is 1. The van der Waals surface area contributed by atoms with E-state index in [2.05, 4.69) is 15.2 Å². The minimum Gasteiger partial charge on any atom is -0.467 e. The number of hydrogen-bond donors (Lipinski definition) is 1. The molecule has 0 saturated carbocycles. The first-order valence-corrected chi connectivity index (χ1v) is 11.0. The molecule has 1 aliphatic heterocycles. The summed E-state index contributed by atoms with van der Waals surface area (Å²) in [6.07, 6.45) is 1.59. The lowest BCUT2D eigenvalue weighted by molar-refractivity contribution is 0.0773. The van der Waals surface area contributed by atoms with Crippen molar-refractivity contribution in [2.24, 2.45) is 0 Å². The van der Waals surface area contributed by atoms with Crippen molar-refractivity contribution in [2.45, 2.75) is 26.9 Å². The summed E-state index contributed by atoms with van der Waals surface area (Å²) in [5, 5.41) is 2.88. The van der Waals surface area contributed by atoms with Crippen molar-refractivity contribution in [3.63, 3.8) is 0 Å². The minimum absolute atomic E-state index is 0.00268. The zero-order chi connectivity index (χ0) is 22.5. The number of benzene rings is 1. The molecule has 0 bridgehead atoms. The maximum Gasteiger partial charge on any atom is 0.317 e. The lowest BCUT2D eigenvalue weighted by Crippen LogP contribution is -2.51. The monoisotopic (exact) mass is 439 g/mol. The van der Waals surface area contributed by atoms with E-state index in [0.717, 1.165) is 18.8 Å². The third kappa shape index (κ3) is 4.94. The van der Waals surface area contributed by atoms with Gasteiger partial charge in [-0.1, -0.05) is 0 Å². The summed E-state index contributed by atoms with van der Waals surface area (Å²) >= 11 is 0. The molecule has 1 saturated heterocycles. The maximum absolute atomic E-state index is 12.6. The highest BCUT2D eigenvalue weighted by Gasteiger charge is 2.23. The van der Waals surface area contributed by atoms with E-state index in [1.54, 1.807) is 34.3 Å². The molecule has 170 valence electrons. The van der Waals surface area contributed by atoms with Crippen LogP contribution in [-0.4, -0.2) is 70.9 Å². The number of hydrogen-bond acceptors (Lipinski definition) is 6. The van der Waals surface area contributed by atoms with Crippen LogP contribution in [0.3, 0.4) is 0 Å². The van der Waals surface area contributed by atoms with Gasteiger partial charge in [-0.15, -0.1) is 0 Å². The zero-order valence-electron chi connectivity index (χ0n) is 18.5. The molecule has 2 aromatic heterocycles. The van der Waals surface area contributed by atoms with Crippen LogP contribution in [0.2, 0.25) is 0 Å². The number of aromatic nitrogens is 1. The fraction of sp³-hybridized carbons (Fsp3) is 0.435. The highest BCUT2D eigenvalue weighted by atomic mass is 16.3. The molecule has 3 heterocycles. The highest BCUT2D eigenvalue weighted by molar-refractivity contribution is 5.97. The van der Waals surface area contributed by atoms with Gasteiger partial charge in [0.25, 0.3) is 5.91 Å². The third-order valence-electron chi connectivity index (χ3n) is 5.74. The molecule has 0 radical (unpaired) electrons. The van der Waals surface area contributed by atoms with Gasteiger partial charge in [0, 0.05) is 44.8 Å². The maximum atomic E-state index is 12.6. The molecule has 4 rings (SSSR count). The minimum atomic E-state index is -0.0895. The molecule has 3 amide bonds. The summed E-state index contributed by atoms with van der Waals surface area (Å²) in [4.78, 5) is 35.3. The number of oxazole rings is 1. The highest BCUT2D eigenvalue weighted by Crippen LogP contribution is 2.20. The summed E-state index contributed by atoms with van der Waals surface area (Å²) in [7, 11) is 0. The van der Waals surface area contributed by atoms with E-state index in [4.69, 9.17) is 8.83 Å². The summed E-state index contributed by atoms with van der Waals surface area (Å²) in [5.74, 6) is 1.35. The normalized spacial score (nSPS) is 14.6. The van der Waals surface area contributed by atoms with Crippen molar-refractivity contribution >= 4 is 23.0 Å². The van der Waals surface area contributed by atoms with Crippen molar-refractivity contribution in [1.82, 2.24) is 25.0 Å². The van der Waals surface area contributed by atoms with Crippen LogP contribution < -0.4 is 5.32 Å². The smallest absolute Gasteiger partial charge is 0.317 e. The Morgan fingerprint density at radius 3 is 2.59 bits per heavy atom. The fourth-order valence-electron chi connectivity index (χ4n) is 3.86. The Bertz CT molecular complexity index is 1050. The van der Waals surface area contributed by atoms with Crippen LogP contribution in [0.15, 0.2) is 45.4 Å². The molecular weight excluding hydrogens is 410 g/mol. The Kier molecular flexibility index (Phi) is 6.75. The third-order valence-corrected chi connectivity index (χ3v) is 5.74. The molecule has 3 aromatic rings. The number of furan rings is 1.